The first-order valence-corrected chi connectivity index (χ1v) is 20.3. The third-order valence-corrected chi connectivity index (χ3v) is 13.1. The monoisotopic (exact) mass is 711 g/mol. The lowest BCUT2D eigenvalue weighted by atomic mass is 9.70. The predicted molar refractivity (Wildman–Crippen MR) is 236 cm³/mol. The van der Waals surface area contributed by atoms with Gasteiger partial charge in [0, 0.05) is 27.9 Å². The first kappa shape index (κ1) is 34.8. The Bertz CT molecular complexity index is 2460. The molecule has 7 aromatic rings. The van der Waals surface area contributed by atoms with E-state index < -0.39 is 0 Å². The maximum absolute atomic E-state index is 2.64. The summed E-state index contributed by atoms with van der Waals surface area (Å²) in [5.74, 6) is 0. The Morgan fingerprint density at radius 1 is 0.364 bits per heavy atom. The fraction of sp³-hybridized carbons (Fsp3) is 0.185. The van der Waals surface area contributed by atoms with E-state index >= 15 is 0 Å². The summed E-state index contributed by atoms with van der Waals surface area (Å²) < 4.78 is 0. The van der Waals surface area contributed by atoms with Gasteiger partial charge in [0.1, 0.15) is 0 Å². The zero-order valence-corrected chi connectivity index (χ0v) is 32.5. The zero-order chi connectivity index (χ0) is 37.6. The molecule has 270 valence electrons. The van der Waals surface area contributed by atoms with Crippen LogP contribution in [0.25, 0.3) is 45.5 Å². The molecule has 9 rings (SSSR count). The van der Waals surface area contributed by atoms with Crippen LogP contribution in [0.5, 0.6) is 0 Å². The number of anilines is 3. The van der Waals surface area contributed by atoms with Crippen molar-refractivity contribution in [1.29, 1.82) is 0 Å². The molecule has 0 saturated carbocycles. The van der Waals surface area contributed by atoms with Crippen LogP contribution in [0, 0.1) is 0 Å². The number of fused-ring (bicyclic) bond motifs is 6. The van der Waals surface area contributed by atoms with Crippen LogP contribution >= 0.6 is 0 Å². The minimum atomic E-state index is 0.00908. The number of nitrogens with zero attached hydrogens (tertiary/aromatic N) is 1. The molecule has 2 aliphatic carbocycles. The molecule has 0 N–H and O–H groups in total. The highest BCUT2D eigenvalue weighted by molar-refractivity contribution is 5.91. The Labute approximate surface area is 327 Å². The predicted octanol–water partition coefficient (Wildman–Crippen LogP) is 15.2. The van der Waals surface area contributed by atoms with E-state index in [-0.39, 0.29) is 10.8 Å². The van der Waals surface area contributed by atoms with Gasteiger partial charge in [-0.25, -0.2) is 0 Å². The molecule has 0 fully saturated rings. The first-order chi connectivity index (χ1) is 27.0. The van der Waals surface area contributed by atoms with Gasteiger partial charge in [0.15, 0.2) is 0 Å². The third kappa shape index (κ3) is 5.60. The zero-order valence-electron chi connectivity index (χ0n) is 32.5. The fourth-order valence-electron chi connectivity index (χ4n) is 9.96. The normalized spacial score (nSPS) is 14.3. The molecule has 0 spiro atoms. The second-order valence-electron chi connectivity index (χ2n) is 15.4. The van der Waals surface area contributed by atoms with Gasteiger partial charge in [-0.05, 0) is 141 Å². The average molecular weight is 712 g/mol. The maximum atomic E-state index is 2.64. The molecule has 1 heteroatoms. The molecule has 0 amide bonds. The SMILES string of the molecule is CCC1(CC)c2ccccc2-c2cc3c(cc21)C(CC)(CC)c1cc(-c2ccc(/C=C/c4ccc(N(c5ccccc5)c5ccccc5)cc4)cc2)ccc1-3. The molecule has 0 aromatic heterocycles. The van der Waals surface area contributed by atoms with Crippen molar-refractivity contribution in [3.05, 3.63) is 197 Å². The van der Waals surface area contributed by atoms with Crippen molar-refractivity contribution in [2.75, 3.05) is 4.90 Å². The van der Waals surface area contributed by atoms with Crippen molar-refractivity contribution >= 4 is 29.2 Å². The largest absolute Gasteiger partial charge is 0.311 e. The lowest BCUT2D eigenvalue weighted by Crippen LogP contribution is -2.26. The molecule has 1 nitrogen and oxygen atoms in total. The van der Waals surface area contributed by atoms with E-state index in [4.69, 9.17) is 0 Å². The van der Waals surface area contributed by atoms with Gasteiger partial charge >= 0.3 is 0 Å². The minimum Gasteiger partial charge on any atom is -0.311 e. The molecule has 0 aliphatic heterocycles. The molecule has 0 radical (unpaired) electrons. The average Bonchev–Trinajstić information content (AvgIpc) is 3.69. The summed E-state index contributed by atoms with van der Waals surface area (Å²) in [4.78, 5) is 2.30. The van der Waals surface area contributed by atoms with Crippen LogP contribution in [0.3, 0.4) is 0 Å². The smallest absolute Gasteiger partial charge is 0.0462 e. The summed E-state index contributed by atoms with van der Waals surface area (Å²) in [7, 11) is 0. The summed E-state index contributed by atoms with van der Waals surface area (Å²) in [6.45, 7) is 9.53. The maximum Gasteiger partial charge on any atom is 0.0462 e. The molecule has 0 atom stereocenters. The third-order valence-electron chi connectivity index (χ3n) is 13.1. The number of benzene rings is 7. The second kappa shape index (κ2) is 14.1. The quantitative estimate of drug-likeness (QED) is 0.128. The van der Waals surface area contributed by atoms with Crippen molar-refractivity contribution in [3.63, 3.8) is 0 Å². The number of hydrogen-bond donors (Lipinski definition) is 0. The molecular weight excluding hydrogens is 663 g/mol. The van der Waals surface area contributed by atoms with Gasteiger partial charge in [-0.1, -0.05) is 155 Å². The highest BCUT2D eigenvalue weighted by Crippen LogP contribution is 2.59. The standard InChI is InChI=1S/C54H49N/c1-5-53(6-2)49-22-16-15-21-45(49)47-36-48-46-34-31-41(35-50(46)54(7-3,8-4)52(48)37-51(47)53)40-29-25-38(26-30-40)23-24-39-27-32-44(33-28-39)55(42-17-11-9-12-18-42)43-19-13-10-14-20-43/h9-37H,5-8H2,1-4H3/b24-23+. The van der Waals surface area contributed by atoms with Gasteiger partial charge in [-0.3, -0.25) is 0 Å². The van der Waals surface area contributed by atoms with Crippen LogP contribution < -0.4 is 4.90 Å². The molecule has 0 bridgehead atoms. The number of hydrogen-bond acceptors (Lipinski definition) is 1. The van der Waals surface area contributed by atoms with Gasteiger partial charge in [0.05, 0.1) is 0 Å². The van der Waals surface area contributed by atoms with Crippen LogP contribution in [0.2, 0.25) is 0 Å². The Morgan fingerprint density at radius 3 is 1.36 bits per heavy atom. The number of para-hydroxylation sites is 2. The van der Waals surface area contributed by atoms with E-state index in [1.807, 2.05) is 0 Å². The topological polar surface area (TPSA) is 3.24 Å². The molecule has 55 heavy (non-hydrogen) atoms. The Morgan fingerprint density at radius 2 is 0.800 bits per heavy atom. The second-order valence-corrected chi connectivity index (χ2v) is 15.4. The lowest BCUT2D eigenvalue weighted by molar-refractivity contribution is 0.476. The van der Waals surface area contributed by atoms with Gasteiger partial charge < -0.3 is 4.90 Å². The van der Waals surface area contributed by atoms with Crippen molar-refractivity contribution in [1.82, 2.24) is 0 Å². The van der Waals surface area contributed by atoms with Crippen LogP contribution in [0.15, 0.2) is 164 Å². The van der Waals surface area contributed by atoms with Crippen molar-refractivity contribution < 1.29 is 0 Å². The lowest BCUT2D eigenvalue weighted by Gasteiger charge is -2.33. The highest BCUT2D eigenvalue weighted by atomic mass is 15.1. The summed E-state index contributed by atoms with van der Waals surface area (Å²) >= 11 is 0. The van der Waals surface area contributed by atoms with Crippen molar-refractivity contribution in [3.8, 4) is 33.4 Å². The highest BCUT2D eigenvalue weighted by Gasteiger charge is 2.46. The van der Waals surface area contributed by atoms with Crippen LogP contribution in [-0.2, 0) is 10.8 Å². The Balaban J connectivity index is 0.994. The van der Waals surface area contributed by atoms with Gasteiger partial charge in [-0.2, -0.15) is 0 Å². The van der Waals surface area contributed by atoms with E-state index in [9.17, 15) is 0 Å². The van der Waals surface area contributed by atoms with Crippen LogP contribution in [0.4, 0.5) is 17.1 Å². The molecule has 0 heterocycles. The van der Waals surface area contributed by atoms with E-state index in [1.54, 1.807) is 0 Å². The summed E-state index contributed by atoms with van der Waals surface area (Å²) in [6, 6.07) is 60.6. The summed E-state index contributed by atoms with van der Waals surface area (Å²) in [5, 5.41) is 0. The van der Waals surface area contributed by atoms with Crippen LogP contribution in [-0.4, -0.2) is 0 Å². The minimum absolute atomic E-state index is 0.00908. The first-order valence-electron chi connectivity index (χ1n) is 20.3. The molecule has 0 saturated heterocycles. The van der Waals surface area contributed by atoms with Crippen LogP contribution in [0.1, 0.15) is 86.8 Å². The van der Waals surface area contributed by atoms with Gasteiger partial charge in [0.2, 0.25) is 0 Å². The van der Waals surface area contributed by atoms with E-state index in [1.165, 1.54) is 66.8 Å². The van der Waals surface area contributed by atoms with E-state index in [2.05, 4.69) is 209 Å². The molecule has 2 aliphatic rings. The summed E-state index contributed by atoms with van der Waals surface area (Å²) in [5.41, 5.74) is 20.2. The number of rotatable bonds is 10. The molecule has 7 aromatic carbocycles. The van der Waals surface area contributed by atoms with Gasteiger partial charge in [0.25, 0.3) is 0 Å². The Hall–Kier alpha value is -5.92. The van der Waals surface area contributed by atoms with E-state index in [0.717, 1.165) is 42.7 Å². The fourth-order valence-corrected chi connectivity index (χ4v) is 9.96. The van der Waals surface area contributed by atoms with Gasteiger partial charge in [-0.15, -0.1) is 0 Å². The van der Waals surface area contributed by atoms with Crippen molar-refractivity contribution in [2.45, 2.75) is 64.2 Å². The summed E-state index contributed by atoms with van der Waals surface area (Å²) in [6.07, 6.45) is 8.84. The molecule has 0 unspecified atom stereocenters. The Kier molecular flexibility index (Phi) is 8.90. The van der Waals surface area contributed by atoms with Crippen molar-refractivity contribution in [2.24, 2.45) is 0 Å². The molecular formula is C54H49N. The van der Waals surface area contributed by atoms with E-state index in [0.29, 0.717) is 0 Å².